The van der Waals surface area contributed by atoms with Gasteiger partial charge in [0.25, 0.3) is 0 Å². The number of fused-ring (bicyclic) bond motifs is 4. The summed E-state index contributed by atoms with van der Waals surface area (Å²) in [4.78, 5) is 0. The van der Waals surface area contributed by atoms with Crippen molar-refractivity contribution < 1.29 is 4.74 Å². The van der Waals surface area contributed by atoms with Crippen LogP contribution in [-0.4, -0.2) is 10.7 Å². The molecule has 5 rings (SSSR count). The van der Waals surface area contributed by atoms with E-state index in [1.807, 2.05) is 12.1 Å². The summed E-state index contributed by atoms with van der Waals surface area (Å²) in [6.07, 6.45) is 8.16. The van der Waals surface area contributed by atoms with Crippen LogP contribution in [0.3, 0.4) is 0 Å². The molecule has 1 fully saturated rings. The van der Waals surface area contributed by atoms with E-state index < -0.39 is 0 Å². The van der Waals surface area contributed by atoms with Crippen molar-refractivity contribution in [3.63, 3.8) is 0 Å². The van der Waals surface area contributed by atoms with Crippen LogP contribution in [-0.2, 0) is 0 Å². The van der Waals surface area contributed by atoms with Gasteiger partial charge < -0.3 is 10.2 Å². The zero-order valence-corrected chi connectivity index (χ0v) is 14.8. The fourth-order valence-corrected chi connectivity index (χ4v) is 4.49. The average Bonchev–Trinajstić information content (AvgIpc) is 3.10. The molecule has 1 saturated carbocycles. The van der Waals surface area contributed by atoms with Crippen molar-refractivity contribution in [2.24, 2.45) is 0 Å². The molecule has 2 heterocycles. The lowest BCUT2D eigenvalue weighted by atomic mass is 9.87. The van der Waals surface area contributed by atoms with Crippen LogP contribution in [0.5, 0.6) is 5.75 Å². The molecule has 128 valence electrons. The maximum atomic E-state index is 6.59. The van der Waals surface area contributed by atoms with Crippen molar-refractivity contribution in [3.8, 4) is 5.75 Å². The Morgan fingerprint density at radius 1 is 1.00 bits per heavy atom. The topological polar surface area (TPSA) is 24.5 Å². The standard InChI is InChI=1S/C21H21ClN2O/c22-16-10-8-15(9-11-16)18-14-19-17-6-2-3-7-20(17)25-21(24(19)23-18)12-4-1-5-13-21/h2-3,6-11,14,19,23H,1,4-5,12-13H2/t19-/m0/s1. The quantitative estimate of drug-likeness (QED) is 0.754. The van der Waals surface area contributed by atoms with Gasteiger partial charge >= 0.3 is 0 Å². The molecule has 0 amide bonds. The van der Waals surface area contributed by atoms with Gasteiger partial charge in [-0.3, -0.25) is 0 Å². The molecule has 0 radical (unpaired) electrons. The van der Waals surface area contributed by atoms with E-state index in [1.165, 1.54) is 24.8 Å². The van der Waals surface area contributed by atoms with Crippen molar-refractivity contribution in [2.75, 3.05) is 0 Å². The summed E-state index contributed by atoms with van der Waals surface area (Å²) in [6, 6.07) is 16.7. The van der Waals surface area contributed by atoms with Gasteiger partial charge in [0.1, 0.15) is 5.75 Å². The molecular formula is C21H21ClN2O. The Balaban J connectivity index is 1.58. The third-order valence-corrected chi connectivity index (χ3v) is 5.86. The number of nitrogens with one attached hydrogen (secondary N) is 1. The van der Waals surface area contributed by atoms with Crippen LogP contribution < -0.4 is 10.2 Å². The first-order valence-electron chi connectivity index (χ1n) is 9.07. The summed E-state index contributed by atoms with van der Waals surface area (Å²) in [5.74, 6) is 1.03. The molecule has 25 heavy (non-hydrogen) atoms. The normalized spacial score (nSPS) is 24.0. The van der Waals surface area contributed by atoms with Crippen molar-refractivity contribution in [3.05, 3.63) is 70.8 Å². The van der Waals surface area contributed by atoms with Crippen LogP contribution in [0.4, 0.5) is 0 Å². The number of hydrazine groups is 1. The monoisotopic (exact) mass is 352 g/mol. The third kappa shape index (κ3) is 2.45. The predicted octanol–water partition coefficient (Wildman–Crippen LogP) is 5.30. The van der Waals surface area contributed by atoms with Crippen molar-refractivity contribution in [1.82, 2.24) is 10.4 Å². The maximum Gasteiger partial charge on any atom is 0.180 e. The van der Waals surface area contributed by atoms with E-state index in [0.717, 1.165) is 34.9 Å². The minimum atomic E-state index is -0.248. The number of hydrogen-bond acceptors (Lipinski definition) is 3. The van der Waals surface area contributed by atoms with Crippen LogP contribution in [0, 0.1) is 0 Å². The van der Waals surface area contributed by atoms with Crippen LogP contribution in [0.1, 0.15) is 49.3 Å². The number of benzene rings is 2. The number of rotatable bonds is 1. The molecule has 1 atom stereocenters. The van der Waals surface area contributed by atoms with Crippen molar-refractivity contribution in [1.29, 1.82) is 0 Å². The summed E-state index contributed by atoms with van der Waals surface area (Å²) in [5, 5.41) is 3.11. The minimum Gasteiger partial charge on any atom is -0.471 e. The Labute approximate surface area is 153 Å². The Morgan fingerprint density at radius 2 is 1.76 bits per heavy atom. The Kier molecular flexibility index (Phi) is 3.54. The first-order chi connectivity index (χ1) is 12.3. The van der Waals surface area contributed by atoms with Gasteiger partial charge in [0.05, 0.1) is 11.7 Å². The highest BCUT2D eigenvalue weighted by molar-refractivity contribution is 6.30. The summed E-state index contributed by atoms with van der Waals surface area (Å²) < 4.78 is 6.59. The summed E-state index contributed by atoms with van der Waals surface area (Å²) in [6.45, 7) is 0. The average molecular weight is 353 g/mol. The molecular weight excluding hydrogens is 332 g/mol. The fraction of sp³-hybridized carbons (Fsp3) is 0.333. The van der Waals surface area contributed by atoms with Crippen LogP contribution in [0.15, 0.2) is 54.6 Å². The summed E-state index contributed by atoms with van der Waals surface area (Å²) in [7, 11) is 0. The molecule has 0 unspecified atom stereocenters. The molecule has 2 aromatic rings. The van der Waals surface area contributed by atoms with Gasteiger partial charge in [-0.2, -0.15) is 5.01 Å². The fourth-order valence-electron chi connectivity index (χ4n) is 4.36. The highest BCUT2D eigenvalue weighted by atomic mass is 35.5. The molecule has 4 heteroatoms. The molecule has 0 bridgehead atoms. The van der Waals surface area contributed by atoms with E-state index in [-0.39, 0.29) is 11.8 Å². The van der Waals surface area contributed by atoms with Gasteiger partial charge in [0.2, 0.25) is 0 Å². The predicted molar refractivity (Wildman–Crippen MR) is 100 cm³/mol. The number of nitrogens with zero attached hydrogens (tertiary/aromatic N) is 1. The van der Waals surface area contributed by atoms with Crippen molar-refractivity contribution in [2.45, 2.75) is 43.9 Å². The number of para-hydroxylation sites is 1. The molecule has 0 saturated heterocycles. The molecule has 2 aliphatic heterocycles. The molecule has 1 spiro atoms. The highest BCUT2D eigenvalue weighted by Crippen LogP contribution is 2.49. The van der Waals surface area contributed by atoms with Crippen LogP contribution in [0.25, 0.3) is 5.70 Å². The van der Waals surface area contributed by atoms with E-state index in [9.17, 15) is 0 Å². The Hall–Kier alpha value is -1.97. The van der Waals surface area contributed by atoms with Crippen molar-refractivity contribution >= 4 is 17.3 Å². The van der Waals surface area contributed by atoms with E-state index >= 15 is 0 Å². The van der Waals surface area contributed by atoms with Gasteiger partial charge in [0.15, 0.2) is 5.72 Å². The number of halogens is 1. The molecule has 2 aromatic carbocycles. The van der Waals surface area contributed by atoms with Gasteiger partial charge in [0, 0.05) is 23.4 Å². The zero-order chi connectivity index (χ0) is 16.9. The lowest BCUT2D eigenvalue weighted by Gasteiger charge is -2.50. The lowest BCUT2D eigenvalue weighted by Crippen LogP contribution is -2.60. The number of hydrogen-bond donors (Lipinski definition) is 1. The number of ether oxygens (including phenoxy) is 1. The van der Waals surface area contributed by atoms with E-state index in [0.29, 0.717) is 0 Å². The first kappa shape index (κ1) is 15.3. The Bertz CT molecular complexity index is 824. The molecule has 1 N–H and O–H groups in total. The van der Waals surface area contributed by atoms with E-state index in [4.69, 9.17) is 16.3 Å². The third-order valence-electron chi connectivity index (χ3n) is 5.61. The second-order valence-electron chi connectivity index (χ2n) is 7.16. The second-order valence-corrected chi connectivity index (χ2v) is 7.60. The summed E-state index contributed by atoms with van der Waals surface area (Å²) >= 11 is 6.05. The minimum absolute atomic E-state index is 0.203. The molecule has 3 aliphatic rings. The molecule has 3 nitrogen and oxygen atoms in total. The molecule has 0 aromatic heterocycles. The second kappa shape index (κ2) is 5.79. The van der Waals surface area contributed by atoms with Gasteiger partial charge in [-0.1, -0.05) is 48.4 Å². The first-order valence-corrected chi connectivity index (χ1v) is 9.45. The van der Waals surface area contributed by atoms with Gasteiger partial charge in [-0.25, -0.2) is 0 Å². The summed E-state index contributed by atoms with van der Waals surface area (Å²) in [5.41, 5.74) is 6.93. The highest BCUT2D eigenvalue weighted by Gasteiger charge is 2.50. The van der Waals surface area contributed by atoms with E-state index in [1.54, 1.807) is 0 Å². The SMILES string of the molecule is Clc1ccc(C2=C[C@H]3c4ccccc4OC4(CCCCC4)N3N2)cc1. The maximum absolute atomic E-state index is 6.59. The smallest absolute Gasteiger partial charge is 0.180 e. The zero-order valence-electron chi connectivity index (χ0n) is 14.0. The van der Waals surface area contributed by atoms with Crippen LogP contribution >= 0.6 is 11.6 Å². The van der Waals surface area contributed by atoms with Gasteiger partial charge in [-0.05, 0) is 42.7 Å². The van der Waals surface area contributed by atoms with Crippen LogP contribution in [0.2, 0.25) is 5.02 Å². The largest absolute Gasteiger partial charge is 0.471 e. The Morgan fingerprint density at radius 3 is 2.56 bits per heavy atom. The molecule has 1 aliphatic carbocycles. The van der Waals surface area contributed by atoms with E-state index in [2.05, 4.69) is 52.9 Å². The lowest BCUT2D eigenvalue weighted by molar-refractivity contribution is -0.150. The van der Waals surface area contributed by atoms with Gasteiger partial charge in [-0.15, -0.1) is 0 Å².